The van der Waals surface area contributed by atoms with Crippen LogP contribution in [0.25, 0.3) is 0 Å². The number of hydrogen-bond donors (Lipinski definition) is 0. The molecular weight excluding hydrogens is 275 g/mol. The molecule has 20 heavy (non-hydrogen) atoms. The molecule has 0 fully saturated rings. The van der Waals surface area contributed by atoms with Gasteiger partial charge in [0.25, 0.3) is 0 Å². The molecule has 2 aromatic carbocycles. The lowest BCUT2D eigenvalue weighted by atomic mass is 10.0. The predicted molar refractivity (Wildman–Crippen MR) is 81.3 cm³/mol. The van der Waals surface area contributed by atoms with E-state index in [1.807, 2.05) is 19.1 Å². The molecule has 1 nitrogen and oxygen atoms in total. The lowest BCUT2D eigenvalue weighted by molar-refractivity contribution is 0.435. The Morgan fingerprint density at radius 3 is 2.60 bits per heavy atom. The van der Waals surface area contributed by atoms with Crippen molar-refractivity contribution in [3.05, 3.63) is 58.9 Å². The van der Waals surface area contributed by atoms with Crippen LogP contribution in [0.4, 0.5) is 4.39 Å². The highest BCUT2D eigenvalue weighted by molar-refractivity contribution is 6.17. The molecule has 0 atom stereocenters. The first-order valence-corrected chi connectivity index (χ1v) is 7.18. The number of alkyl halides is 1. The summed E-state index contributed by atoms with van der Waals surface area (Å²) in [6.07, 6.45) is 0. The van der Waals surface area contributed by atoms with E-state index in [-0.39, 0.29) is 11.6 Å². The maximum atomic E-state index is 13.9. The molecule has 0 heterocycles. The van der Waals surface area contributed by atoms with E-state index >= 15 is 0 Å². The third-order valence-corrected chi connectivity index (χ3v) is 3.57. The van der Waals surface area contributed by atoms with Gasteiger partial charge in [0.15, 0.2) is 11.6 Å². The van der Waals surface area contributed by atoms with Gasteiger partial charge in [0.05, 0.1) is 5.88 Å². The summed E-state index contributed by atoms with van der Waals surface area (Å²) in [5.74, 6) is 1.11. The van der Waals surface area contributed by atoms with Crippen LogP contribution in [-0.2, 0) is 5.88 Å². The zero-order chi connectivity index (χ0) is 14.7. The lowest BCUT2D eigenvalue weighted by Crippen LogP contribution is -1.97. The molecular formula is C17H18ClFO. The Bertz CT molecular complexity index is 608. The lowest BCUT2D eigenvalue weighted by Gasteiger charge is -2.15. The molecule has 0 saturated carbocycles. The van der Waals surface area contributed by atoms with E-state index in [0.29, 0.717) is 17.2 Å². The molecule has 0 amide bonds. The molecule has 0 bridgehead atoms. The zero-order valence-electron chi connectivity index (χ0n) is 11.9. The number of benzene rings is 2. The Labute approximate surface area is 124 Å². The fourth-order valence-corrected chi connectivity index (χ4v) is 2.18. The monoisotopic (exact) mass is 292 g/mol. The van der Waals surface area contributed by atoms with Gasteiger partial charge < -0.3 is 4.74 Å². The van der Waals surface area contributed by atoms with E-state index in [4.69, 9.17) is 16.3 Å². The van der Waals surface area contributed by atoms with Crippen molar-refractivity contribution in [1.82, 2.24) is 0 Å². The van der Waals surface area contributed by atoms with Gasteiger partial charge in [0.2, 0.25) is 0 Å². The van der Waals surface area contributed by atoms with Crippen molar-refractivity contribution in [2.24, 2.45) is 0 Å². The highest BCUT2D eigenvalue weighted by atomic mass is 35.5. The summed E-state index contributed by atoms with van der Waals surface area (Å²) in [6, 6.07) is 10.8. The maximum Gasteiger partial charge on any atom is 0.167 e. The first-order valence-electron chi connectivity index (χ1n) is 6.64. The third-order valence-electron chi connectivity index (χ3n) is 3.28. The minimum Gasteiger partial charge on any atom is -0.454 e. The summed E-state index contributed by atoms with van der Waals surface area (Å²) in [7, 11) is 0. The number of hydrogen-bond acceptors (Lipinski definition) is 1. The van der Waals surface area contributed by atoms with Gasteiger partial charge in [-0.2, -0.15) is 0 Å². The molecule has 0 aliphatic heterocycles. The van der Waals surface area contributed by atoms with Crippen molar-refractivity contribution in [3.63, 3.8) is 0 Å². The number of halogens is 2. The fourth-order valence-electron chi connectivity index (χ4n) is 1.97. The summed E-state index contributed by atoms with van der Waals surface area (Å²) in [5, 5.41) is 0. The third kappa shape index (κ3) is 3.13. The van der Waals surface area contributed by atoms with Crippen molar-refractivity contribution >= 4 is 11.6 Å². The van der Waals surface area contributed by atoms with Gasteiger partial charge >= 0.3 is 0 Å². The van der Waals surface area contributed by atoms with Gasteiger partial charge in [-0.15, -0.1) is 11.6 Å². The van der Waals surface area contributed by atoms with E-state index in [9.17, 15) is 4.39 Å². The summed E-state index contributed by atoms with van der Waals surface area (Å²) in [5.41, 5.74) is 2.79. The van der Waals surface area contributed by atoms with Crippen molar-refractivity contribution in [2.45, 2.75) is 32.6 Å². The second-order valence-corrected chi connectivity index (χ2v) is 5.41. The van der Waals surface area contributed by atoms with Gasteiger partial charge in [-0.3, -0.25) is 0 Å². The van der Waals surface area contributed by atoms with E-state index in [1.165, 1.54) is 6.07 Å². The van der Waals surface area contributed by atoms with E-state index < -0.39 is 5.82 Å². The first kappa shape index (κ1) is 14.9. The van der Waals surface area contributed by atoms with Crippen LogP contribution in [0.2, 0.25) is 0 Å². The predicted octanol–water partition coefficient (Wildman–Crippen LogP) is 5.79. The number of para-hydroxylation sites is 1. The molecule has 0 aliphatic rings. The second kappa shape index (κ2) is 6.27. The van der Waals surface area contributed by atoms with Crippen LogP contribution in [0.3, 0.4) is 0 Å². The summed E-state index contributed by atoms with van der Waals surface area (Å²) < 4.78 is 19.7. The summed E-state index contributed by atoms with van der Waals surface area (Å²) in [6.45, 7) is 6.17. The minimum atomic E-state index is -0.391. The van der Waals surface area contributed by atoms with Gasteiger partial charge in [-0.1, -0.05) is 38.1 Å². The number of rotatable bonds is 4. The SMILES string of the molecule is Cc1ccc(C(C)C)cc1Oc1c(F)cccc1CCl. The highest BCUT2D eigenvalue weighted by Crippen LogP contribution is 2.33. The number of ether oxygens (including phenoxy) is 1. The van der Waals surface area contributed by atoms with Gasteiger partial charge in [0.1, 0.15) is 5.75 Å². The standard InChI is InChI=1S/C17H18ClFO/c1-11(2)13-8-7-12(3)16(9-13)20-17-14(10-18)5-4-6-15(17)19/h4-9,11H,10H2,1-3H3. The normalized spacial score (nSPS) is 10.9. The molecule has 0 N–H and O–H groups in total. The topological polar surface area (TPSA) is 9.23 Å². The van der Waals surface area contributed by atoms with Crippen LogP contribution >= 0.6 is 11.6 Å². The molecule has 0 unspecified atom stereocenters. The molecule has 0 aromatic heterocycles. The Hall–Kier alpha value is -1.54. The Morgan fingerprint density at radius 2 is 1.95 bits per heavy atom. The quantitative estimate of drug-likeness (QED) is 0.648. The summed E-state index contributed by atoms with van der Waals surface area (Å²) in [4.78, 5) is 0. The smallest absolute Gasteiger partial charge is 0.167 e. The van der Waals surface area contributed by atoms with Crippen LogP contribution in [-0.4, -0.2) is 0 Å². The molecule has 0 saturated heterocycles. The highest BCUT2D eigenvalue weighted by Gasteiger charge is 2.12. The van der Waals surface area contributed by atoms with E-state index in [2.05, 4.69) is 19.9 Å². The van der Waals surface area contributed by atoms with Crippen molar-refractivity contribution in [1.29, 1.82) is 0 Å². The molecule has 2 aromatic rings. The van der Waals surface area contributed by atoms with Crippen LogP contribution in [0.15, 0.2) is 36.4 Å². The number of aryl methyl sites for hydroxylation is 1. The zero-order valence-corrected chi connectivity index (χ0v) is 12.7. The average molecular weight is 293 g/mol. The molecule has 0 spiro atoms. The Balaban J connectivity index is 2.42. The Kier molecular flexibility index (Phi) is 4.66. The molecule has 3 heteroatoms. The van der Waals surface area contributed by atoms with E-state index in [0.717, 1.165) is 11.1 Å². The van der Waals surface area contributed by atoms with Crippen LogP contribution in [0.1, 0.15) is 36.5 Å². The average Bonchev–Trinajstić information content (AvgIpc) is 2.42. The molecule has 106 valence electrons. The van der Waals surface area contributed by atoms with E-state index in [1.54, 1.807) is 12.1 Å². The largest absolute Gasteiger partial charge is 0.454 e. The summed E-state index contributed by atoms with van der Waals surface area (Å²) >= 11 is 5.85. The van der Waals surface area contributed by atoms with Crippen LogP contribution in [0.5, 0.6) is 11.5 Å². The maximum absolute atomic E-state index is 13.9. The second-order valence-electron chi connectivity index (χ2n) is 5.14. The molecule has 0 radical (unpaired) electrons. The van der Waals surface area contributed by atoms with Crippen molar-refractivity contribution in [3.8, 4) is 11.5 Å². The minimum absolute atomic E-state index is 0.214. The van der Waals surface area contributed by atoms with Crippen LogP contribution < -0.4 is 4.74 Å². The molecule has 2 rings (SSSR count). The molecule has 0 aliphatic carbocycles. The Morgan fingerprint density at radius 1 is 1.20 bits per heavy atom. The van der Waals surface area contributed by atoms with Crippen molar-refractivity contribution < 1.29 is 9.13 Å². The van der Waals surface area contributed by atoms with Gasteiger partial charge in [0, 0.05) is 5.56 Å². The van der Waals surface area contributed by atoms with Crippen LogP contribution in [0, 0.1) is 12.7 Å². The first-order chi connectivity index (χ1) is 9.52. The fraction of sp³-hybridized carbons (Fsp3) is 0.294. The van der Waals surface area contributed by atoms with Crippen molar-refractivity contribution in [2.75, 3.05) is 0 Å². The van der Waals surface area contributed by atoms with Gasteiger partial charge in [-0.25, -0.2) is 4.39 Å². The van der Waals surface area contributed by atoms with Gasteiger partial charge in [-0.05, 0) is 36.1 Å².